The number of benzene rings is 2. The van der Waals surface area contributed by atoms with Crippen LogP contribution in [0.25, 0.3) is 0 Å². The van der Waals surface area contributed by atoms with Crippen LogP contribution >= 0.6 is 11.6 Å². The van der Waals surface area contributed by atoms with Crippen LogP contribution in [0.4, 0.5) is 4.79 Å². The molecule has 1 atom stereocenters. The minimum Gasteiger partial charge on any atom is -0.493 e. The predicted molar refractivity (Wildman–Crippen MR) is 103 cm³/mol. The van der Waals surface area contributed by atoms with Gasteiger partial charge in [0.2, 0.25) is 0 Å². The molecule has 0 saturated heterocycles. The van der Waals surface area contributed by atoms with Gasteiger partial charge in [0.1, 0.15) is 17.2 Å². The second kappa shape index (κ2) is 10.2. The molecule has 1 unspecified atom stereocenters. The van der Waals surface area contributed by atoms with Gasteiger partial charge < -0.3 is 19.5 Å². The lowest BCUT2D eigenvalue weighted by molar-refractivity contribution is -0.115. The Morgan fingerprint density at radius 3 is 2.68 bits per heavy atom. The Hall–Kier alpha value is -3.24. The van der Waals surface area contributed by atoms with Crippen LogP contribution in [0.1, 0.15) is 18.1 Å². The first-order chi connectivity index (χ1) is 13.5. The van der Waals surface area contributed by atoms with E-state index < -0.39 is 12.2 Å². The van der Waals surface area contributed by atoms with Gasteiger partial charge in [-0.05, 0) is 36.8 Å². The smallest absolute Gasteiger partial charge is 0.407 e. The van der Waals surface area contributed by atoms with Gasteiger partial charge in [0.05, 0.1) is 23.3 Å². The van der Waals surface area contributed by atoms with Crippen LogP contribution in [0.3, 0.4) is 0 Å². The summed E-state index contributed by atoms with van der Waals surface area (Å²) in [4.78, 5) is 22.6. The number of alkyl carbamates (subject to hydrolysis) is 1. The molecule has 146 valence electrons. The Labute approximate surface area is 167 Å². The van der Waals surface area contributed by atoms with Crippen molar-refractivity contribution < 1.29 is 23.8 Å². The number of rotatable bonds is 8. The first kappa shape index (κ1) is 21.1. The topological polar surface area (TPSA) is 97.7 Å². The molecule has 0 aliphatic heterocycles. The van der Waals surface area contributed by atoms with Crippen molar-refractivity contribution in [2.45, 2.75) is 19.4 Å². The molecule has 7 nitrogen and oxygen atoms in total. The van der Waals surface area contributed by atoms with Gasteiger partial charge in [-0.15, -0.1) is 0 Å². The summed E-state index contributed by atoms with van der Waals surface area (Å²) in [5.41, 5.74) is 1.11. The number of halogens is 1. The second-order valence-corrected chi connectivity index (χ2v) is 6.00. The van der Waals surface area contributed by atoms with Gasteiger partial charge in [0.25, 0.3) is 0 Å². The fraction of sp³-hybridized carbons (Fsp3) is 0.250. The zero-order valence-corrected chi connectivity index (χ0v) is 16.2. The first-order valence-corrected chi connectivity index (χ1v) is 8.85. The highest BCUT2D eigenvalue weighted by molar-refractivity contribution is 6.32. The van der Waals surface area contributed by atoms with Crippen molar-refractivity contribution in [3.05, 3.63) is 52.5 Å². The highest BCUT2D eigenvalue weighted by Crippen LogP contribution is 2.33. The van der Waals surface area contributed by atoms with Gasteiger partial charge in [-0.25, -0.2) is 4.79 Å². The van der Waals surface area contributed by atoms with Crippen LogP contribution in [-0.2, 0) is 16.0 Å². The number of amides is 1. The molecule has 0 fully saturated rings. The van der Waals surface area contributed by atoms with Gasteiger partial charge in [-0.1, -0.05) is 17.7 Å². The van der Waals surface area contributed by atoms with Crippen molar-refractivity contribution in [2.24, 2.45) is 0 Å². The first-order valence-electron chi connectivity index (χ1n) is 8.47. The second-order valence-electron chi connectivity index (χ2n) is 5.60. The van der Waals surface area contributed by atoms with E-state index in [0.29, 0.717) is 46.3 Å². The SMILES string of the molecule is CCOc1cc(Oc2ccc(C#N)cc2Cl)ccc1CC(C=O)OC(=O)NC. The third-order valence-corrected chi connectivity index (χ3v) is 3.96. The van der Waals surface area contributed by atoms with E-state index in [9.17, 15) is 9.59 Å². The van der Waals surface area contributed by atoms with E-state index in [-0.39, 0.29) is 6.42 Å². The lowest BCUT2D eigenvalue weighted by Crippen LogP contribution is -2.28. The van der Waals surface area contributed by atoms with Crippen molar-refractivity contribution in [3.63, 3.8) is 0 Å². The summed E-state index contributed by atoms with van der Waals surface area (Å²) < 4.78 is 16.4. The number of nitrogens with one attached hydrogen (secondary N) is 1. The van der Waals surface area contributed by atoms with E-state index in [2.05, 4.69) is 5.32 Å². The molecule has 0 aliphatic carbocycles. The van der Waals surface area contributed by atoms with E-state index in [1.54, 1.807) is 30.3 Å². The molecule has 1 N–H and O–H groups in total. The maximum absolute atomic E-state index is 11.3. The van der Waals surface area contributed by atoms with Gasteiger partial charge in [-0.3, -0.25) is 4.79 Å². The Morgan fingerprint density at radius 1 is 1.29 bits per heavy atom. The van der Waals surface area contributed by atoms with Crippen LogP contribution in [-0.4, -0.2) is 32.1 Å². The van der Waals surface area contributed by atoms with Crippen molar-refractivity contribution in [1.82, 2.24) is 5.32 Å². The number of aldehydes is 1. The summed E-state index contributed by atoms with van der Waals surface area (Å²) in [5.74, 6) is 1.36. The van der Waals surface area contributed by atoms with Gasteiger partial charge >= 0.3 is 6.09 Å². The van der Waals surface area contributed by atoms with Crippen LogP contribution < -0.4 is 14.8 Å². The standard InChI is InChI=1S/C20H19ClN2O5/c1-3-26-19-10-15(27-18-7-4-13(11-22)8-17(18)21)6-5-14(19)9-16(12-24)28-20(25)23-2/h4-8,10,12,16H,3,9H2,1-2H3,(H,23,25). The number of carbonyl (C=O) groups excluding carboxylic acids is 2. The third kappa shape index (κ3) is 5.63. The summed E-state index contributed by atoms with van der Waals surface area (Å²) in [6.07, 6.45) is -0.917. The Kier molecular flexibility index (Phi) is 7.66. The fourth-order valence-corrected chi connectivity index (χ4v) is 2.59. The third-order valence-electron chi connectivity index (χ3n) is 3.66. The Morgan fingerprint density at radius 2 is 2.07 bits per heavy atom. The van der Waals surface area contributed by atoms with Crippen LogP contribution in [0.2, 0.25) is 5.02 Å². The molecule has 2 aromatic rings. The average molecular weight is 403 g/mol. The van der Waals surface area contributed by atoms with E-state index in [1.807, 2.05) is 13.0 Å². The predicted octanol–water partition coefficient (Wildman–Crippen LogP) is 3.87. The molecule has 2 rings (SSSR count). The molecule has 8 heteroatoms. The molecule has 0 spiro atoms. The minimum absolute atomic E-state index is 0.157. The number of nitriles is 1. The molecule has 0 radical (unpaired) electrons. The molecule has 0 aromatic heterocycles. The van der Waals surface area contributed by atoms with E-state index in [4.69, 9.17) is 31.1 Å². The van der Waals surface area contributed by atoms with Gasteiger partial charge in [0, 0.05) is 19.5 Å². The number of ether oxygens (including phenoxy) is 3. The molecule has 28 heavy (non-hydrogen) atoms. The average Bonchev–Trinajstić information content (AvgIpc) is 2.70. The highest BCUT2D eigenvalue weighted by Gasteiger charge is 2.17. The van der Waals surface area contributed by atoms with Gasteiger partial charge in [-0.2, -0.15) is 5.26 Å². The molecule has 0 saturated carbocycles. The number of carbonyl (C=O) groups is 2. The summed E-state index contributed by atoms with van der Waals surface area (Å²) in [6, 6.07) is 11.8. The van der Waals surface area contributed by atoms with E-state index in [1.165, 1.54) is 13.1 Å². The largest absolute Gasteiger partial charge is 0.493 e. The lowest BCUT2D eigenvalue weighted by atomic mass is 10.1. The fourth-order valence-electron chi connectivity index (χ4n) is 2.37. The lowest BCUT2D eigenvalue weighted by Gasteiger charge is -2.16. The van der Waals surface area contributed by atoms with Crippen molar-refractivity contribution in [3.8, 4) is 23.3 Å². The summed E-state index contributed by atoms with van der Waals surface area (Å²) in [7, 11) is 1.41. The molecule has 2 aromatic carbocycles. The molecule has 0 heterocycles. The molecule has 0 aliphatic rings. The molecule has 1 amide bonds. The van der Waals surface area contributed by atoms with Crippen LogP contribution in [0.5, 0.6) is 17.2 Å². The van der Waals surface area contributed by atoms with Crippen molar-refractivity contribution in [2.75, 3.05) is 13.7 Å². The number of nitrogens with zero attached hydrogens (tertiary/aromatic N) is 1. The highest BCUT2D eigenvalue weighted by atomic mass is 35.5. The van der Waals surface area contributed by atoms with Crippen LogP contribution in [0.15, 0.2) is 36.4 Å². The minimum atomic E-state index is -0.945. The normalized spacial score (nSPS) is 11.1. The molecular formula is C20H19ClN2O5. The Bertz CT molecular complexity index is 895. The quantitative estimate of drug-likeness (QED) is 0.673. The maximum Gasteiger partial charge on any atom is 0.407 e. The molecule has 0 bridgehead atoms. The number of hydrogen-bond donors (Lipinski definition) is 1. The van der Waals surface area contributed by atoms with Crippen molar-refractivity contribution >= 4 is 24.0 Å². The number of hydrogen-bond acceptors (Lipinski definition) is 6. The summed E-state index contributed by atoms with van der Waals surface area (Å²) >= 11 is 6.14. The van der Waals surface area contributed by atoms with Crippen LogP contribution in [0, 0.1) is 11.3 Å². The van der Waals surface area contributed by atoms with E-state index in [0.717, 1.165) is 0 Å². The van der Waals surface area contributed by atoms with E-state index >= 15 is 0 Å². The molecular weight excluding hydrogens is 384 g/mol. The zero-order chi connectivity index (χ0) is 20.5. The zero-order valence-electron chi connectivity index (χ0n) is 15.4. The monoisotopic (exact) mass is 402 g/mol. The maximum atomic E-state index is 11.3. The van der Waals surface area contributed by atoms with Crippen molar-refractivity contribution in [1.29, 1.82) is 5.26 Å². The summed E-state index contributed by atoms with van der Waals surface area (Å²) in [5, 5.41) is 11.5. The van der Waals surface area contributed by atoms with Gasteiger partial charge in [0.15, 0.2) is 12.4 Å². The summed E-state index contributed by atoms with van der Waals surface area (Å²) in [6.45, 7) is 2.23. The Balaban J connectivity index is 2.23.